The van der Waals surface area contributed by atoms with E-state index in [0.717, 1.165) is 31.2 Å². The number of aromatic hydroxyl groups is 3. The lowest BCUT2D eigenvalue weighted by Gasteiger charge is -2.37. The van der Waals surface area contributed by atoms with Crippen LogP contribution in [0, 0.1) is 23.7 Å². The van der Waals surface area contributed by atoms with Gasteiger partial charge in [0.25, 0.3) is 0 Å². The number of rotatable bonds is 8. The van der Waals surface area contributed by atoms with Crippen LogP contribution in [0.25, 0.3) is 0 Å². The second kappa shape index (κ2) is 12.0. The van der Waals surface area contributed by atoms with Gasteiger partial charge >= 0.3 is 0 Å². The van der Waals surface area contributed by atoms with Crippen LogP contribution < -0.4 is 0 Å². The SMILES string of the molecule is CC1=C[C@H](c2c(O)c(C(=O)CCc3ccccc3)c(O)c([C@H]3C=C(C)CC[C@H]3C(C)C)c2O)[C@H](C(C)C)CC1. The molecule has 0 fully saturated rings. The van der Waals surface area contributed by atoms with Gasteiger partial charge in [0.05, 0.1) is 0 Å². The Hall–Kier alpha value is -3.01. The molecule has 0 aliphatic heterocycles. The van der Waals surface area contributed by atoms with E-state index in [-0.39, 0.29) is 58.7 Å². The number of ketones is 1. The van der Waals surface area contributed by atoms with Crippen molar-refractivity contribution in [3.8, 4) is 17.2 Å². The molecule has 0 heterocycles. The summed E-state index contributed by atoms with van der Waals surface area (Å²) in [7, 11) is 0. The molecule has 0 bridgehead atoms. The van der Waals surface area contributed by atoms with Crippen LogP contribution in [-0.2, 0) is 6.42 Å². The van der Waals surface area contributed by atoms with E-state index in [1.807, 2.05) is 30.3 Å². The average molecular weight is 531 g/mol. The lowest BCUT2D eigenvalue weighted by atomic mass is 9.68. The predicted molar refractivity (Wildman–Crippen MR) is 159 cm³/mol. The number of hydrogen-bond acceptors (Lipinski definition) is 4. The number of hydrogen-bond donors (Lipinski definition) is 3. The Morgan fingerprint density at radius 2 is 1.23 bits per heavy atom. The largest absolute Gasteiger partial charge is 0.507 e. The smallest absolute Gasteiger partial charge is 0.170 e. The zero-order chi connectivity index (χ0) is 28.4. The summed E-state index contributed by atoms with van der Waals surface area (Å²) in [6, 6.07) is 9.79. The van der Waals surface area contributed by atoms with Crippen molar-refractivity contribution in [1.82, 2.24) is 0 Å². The number of allylic oxidation sites excluding steroid dienone is 4. The number of phenols is 3. The minimum Gasteiger partial charge on any atom is -0.507 e. The van der Waals surface area contributed by atoms with Crippen LogP contribution in [-0.4, -0.2) is 21.1 Å². The standard InChI is InChI=1S/C35H46O4/c1-20(2)25-15-12-22(5)18-27(25)30-33(37)31(28-19-23(6)13-16-26(28)21(3)4)35(39)32(34(30)38)29(36)17-14-24-10-8-7-9-11-24/h7-11,18-21,25-28,37-39H,12-17H2,1-6H3/t25-,26-,27-,28-/m0/s1. The summed E-state index contributed by atoms with van der Waals surface area (Å²) in [5.41, 5.74) is 4.24. The zero-order valence-electron chi connectivity index (χ0n) is 24.5. The van der Waals surface area contributed by atoms with Gasteiger partial charge in [-0.1, -0.05) is 81.3 Å². The molecule has 0 saturated carbocycles. The molecule has 0 saturated heterocycles. The van der Waals surface area contributed by atoms with Crippen LogP contribution in [0.15, 0.2) is 53.6 Å². The minimum atomic E-state index is -0.299. The number of Topliss-reactive ketones (excluding diaryl/α,β-unsaturated/α-hetero) is 1. The molecule has 0 spiro atoms. The van der Waals surface area contributed by atoms with Crippen LogP contribution in [0.4, 0.5) is 0 Å². The molecule has 2 aliphatic carbocycles. The molecular formula is C35H46O4. The molecule has 0 unspecified atom stereocenters. The van der Waals surface area contributed by atoms with Crippen molar-refractivity contribution >= 4 is 5.78 Å². The van der Waals surface area contributed by atoms with Gasteiger partial charge in [0, 0.05) is 29.4 Å². The number of carbonyl (C=O) groups is 1. The van der Waals surface area contributed by atoms with Crippen molar-refractivity contribution in [2.45, 2.75) is 91.9 Å². The molecule has 3 N–H and O–H groups in total. The highest BCUT2D eigenvalue weighted by molar-refractivity contribution is 6.03. The quantitative estimate of drug-likeness (QED) is 0.235. The van der Waals surface area contributed by atoms with E-state index in [1.54, 1.807) is 0 Å². The fourth-order valence-electron chi connectivity index (χ4n) is 6.94. The van der Waals surface area contributed by atoms with Crippen LogP contribution in [0.1, 0.15) is 113 Å². The van der Waals surface area contributed by atoms with Gasteiger partial charge < -0.3 is 15.3 Å². The Morgan fingerprint density at radius 1 is 0.769 bits per heavy atom. The van der Waals surface area contributed by atoms with E-state index >= 15 is 0 Å². The second-order valence-electron chi connectivity index (χ2n) is 12.6. The third-order valence-corrected chi connectivity index (χ3v) is 9.23. The topological polar surface area (TPSA) is 77.8 Å². The Morgan fingerprint density at radius 3 is 1.67 bits per heavy atom. The van der Waals surface area contributed by atoms with Crippen molar-refractivity contribution in [3.05, 3.63) is 75.9 Å². The highest BCUT2D eigenvalue weighted by Crippen LogP contribution is 2.56. The number of benzene rings is 2. The first-order valence-electron chi connectivity index (χ1n) is 14.7. The van der Waals surface area contributed by atoms with Gasteiger partial charge in [-0.05, 0) is 75.2 Å². The fourth-order valence-corrected chi connectivity index (χ4v) is 6.94. The average Bonchev–Trinajstić information content (AvgIpc) is 2.88. The first kappa shape index (κ1) is 29.0. The lowest BCUT2D eigenvalue weighted by molar-refractivity contribution is 0.0976. The molecule has 0 radical (unpaired) electrons. The first-order valence-corrected chi connectivity index (χ1v) is 14.7. The summed E-state index contributed by atoms with van der Waals surface area (Å²) in [6.45, 7) is 12.9. The predicted octanol–water partition coefficient (Wildman–Crippen LogP) is 8.81. The van der Waals surface area contributed by atoms with Gasteiger partial charge in [-0.2, -0.15) is 0 Å². The van der Waals surface area contributed by atoms with Gasteiger partial charge in [-0.15, -0.1) is 0 Å². The lowest BCUT2D eigenvalue weighted by Crippen LogP contribution is -2.24. The molecule has 2 aliphatic rings. The third kappa shape index (κ3) is 5.95. The molecule has 4 heteroatoms. The van der Waals surface area contributed by atoms with E-state index in [9.17, 15) is 20.1 Å². The summed E-state index contributed by atoms with van der Waals surface area (Å²) in [4.78, 5) is 13.8. The Balaban J connectivity index is 1.93. The van der Waals surface area contributed by atoms with Crippen LogP contribution in [0.3, 0.4) is 0 Å². The van der Waals surface area contributed by atoms with Gasteiger partial charge in [0.2, 0.25) is 0 Å². The Bertz CT molecular complexity index is 1180. The zero-order valence-corrected chi connectivity index (χ0v) is 24.5. The normalized spacial score (nSPS) is 23.6. The van der Waals surface area contributed by atoms with Gasteiger partial charge in [0.1, 0.15) is 22.8 Å². The maximum atomic E-state index is 13.8. The summed E-state index contributed by atoms with van der Waals surface area (Å²) in [6.07, 6.45) is 8.85. The number of carbonyl (C=O) groups excluding carboxylic acids is 1. The molecule has 2 aromatic carbocycles. The van der Waals surface area contributed by atoms with Crippen molar-refractivity contribution in [2.24, 2.45) is 23.7 Å². The number of aryl methyl sites for hydroxylation is 1. The van der Waals surface area contributed by atoms with E-state index in [1.165, 1.54) is 11.1 Å². The maximum Gasteiger partial charge on any atom is 0.170 e. The van der Waals surface area contributed by atoms with Crippen molar-refractivity contribution in [2.75, 3.05) is 0 Å². The van der Waals surface area contributed by atoms with Crippen LogP contribution in [0.5, 0.6) is 17.2 Å². The molecular weight excluding hydrogens is 484 g/mol. The summed E-state index contributed by atoms with van der Waals surface area (Å²) >= 11 is 0. The second-order valence-corrected chi connectivity index (χ2v) is 12.6. The van der Waals surface area contributed by atoms with Crippen molar-refractivity contribution in [3.63, 3.8) is 0 Å². The minimum absolute atomic E-state index is 0.0352. The molecule has 2 aromatic rings. The Labute approximate surface area is 234 Å². The molecule has 4 rings (SSSR count). The monoisotopic (exact) mass is 530 g/mol. The van der Waals surface area contributed by atoms with Gasteiger partial charge in [-0.25, -0.2) is 0 Å². The Kier molecular flexibility index (Phi) is 8.93. The van der Waals surface area contributed by atoms with Crippen molar-refractivity contribution in [1.29, 1.82) is 0 Å². The molecule has 4 atom stereocenters. The van der Waals surface area contributed by atoms with Gasteiger partial charge in [-0.3, -0.25) is 4.79 Å². The van der Waals surface area contributed by atoms with E-state index in [2.05, 4.69) is 53.7 Å². The van der Waals surface area contributed by atoms with E-state index in [0.29, 0.717) is 29.4 Å². The summed E-state index contributed by atoms with van der Waals surface area (Å²) < 4.78 is 0. The van der Waals surface area contributed by atoms with Crippen molar-refractivity contribution < 1.29 is 20.1 Å². The van der Waals surface area contributed by atoms with E-state index < -0.39 is 0 Å². The molecule has 0 aromatic heterocycles. The maximum absolute atomic E-state index is 13.8. The molecule has 39 heavy (non-hydrogen) atoms. The van der Waals surface area contributed by atoms with Crippen LogP contribution in [0.2, 0.25) is 0 Å². The fraction of sp³-hybridized carbons (Fsp3) is 0.514. The highest BCUT2D eigenvalue weighted by atomic mass is 16.3. The third-order valence-electron chi connectivity index (χ3n) is 9.23. The molecule has 210 valence electrons. The summed E-state index contributed by atoms with van der Waals surface area (Å²) in [5.74, 6) is -0.258. The molecule has 4 nitrogen and oxygen atoms in total. The summed E-state index contributed by atoms with van der Waals surface area (Å²) in [5, 5.41) is 35.4. The van der Waals surface area contributed by atoms with Crippen LogP contribution >= 0.6 is 0 Å². The molecule has 0 amide bonds. The first-order chi connectivity index (χ1) is 18.5. The van der Waals surface area contributed by atoms with Gasteiger partial charge in [0.15, 0.2) is 5.78 Å². The number of phenolic OH excluding ortho intramolecular Hbond substituents is 3. The van der Waals surface area contributed by atoms with E-state index in [4.69, 9.17) is 0 Å². The highest BCUT2D eigenvalue weighted by Gasteiger charge is 2.40.